The van der Waals surface area contributed by atoms with Crippen molar-refractivity contribution in [1.82, 2.24) is 20.2 Å². The Morgan fingerprint density at radius 2 is 2.16 bits per heavy atom. The molecule has 0 fully saturated rings. The molecule has 4 rings (SSSR count). The standard InChI is InChI=1S/C15H13N5OS4/c21-13-12-10(4-7-23-12)17-11(18-13)8-24-15-20-19-14(25-15)16-5-3-9-2-1-6-22-9/h1-2,4,6-7H,3,5,8H2,(H,16,19)(H,17,18,21). The summed E-state index contributed by atoms with van der Waals surface area (Å²) in [5.41, 5.74) is 0.668. The summed E-state index contributed by atoms with van der Waals surface area (Å²) in [4.78, 5) is 20.6. The number of H-pyrrole nitrogens is 1. The maximum atomic E-state index is 12.0. The SMILES string of the molecule is O=c1[nH]c(CSc2nnc(NCCc3cccs3)s2)nc2ccsc12. The highest BCUT2D eigenvalue weighted by molar-refractivity contribution is 8.00. The number of thiophene rings is 2. The molecule has 0 saturated heterocycles. The number of nitrogens with zero attached hydrogens (tertiary/aromatic N) is 3. The number of nitrogens with one attached hydrogen (secondary N) is 2. The first-order chi connectivity index (χ1) is 12.3. The van der Waals surface area contributed by atoms with Gasteiger partial charge in [0.2, 0.25) is 5.13 Å². The van der Waals surface area contributed by atoms with E-state index in [9.17, 15) is 4.79 Å². The van der Waals surface area contributed by atoms with Crippen molar-refractivity contribution in [3.05, 3.63) is 50.0 Å². The van der Waals surface area contributed by atoms with Gasteiger partial charge < -0.3 is 10.3 Å². The molecule has 0 spiro atoms. The zero-order valence-corrected chi connectivity index (χ0v) is 16.2. The number of thioether (sulfide) groups is 1. The first-order valence-corrected chi connectivity index (χ1v) is 11.0. The molecule has 0 amide bonds. The smallest absolute Gasteiger partial charge is 0.268 e. The van der Waals surface area contributed by atoms with Crippen LogP contribution in [0.3, 0.4) is 0 Å². The van der Waals surface area contributed by atoms with Gasteiger partial charge in [0, 0.05) is 11.4 Å². The Morgan fingerprint density at radius 3 is 3.04 bits per heavy atom. The summed E-state index contributed by atoms with van der Waals surface area (Å²) in [6.45, 7) is 0.837. The summed E-state index contributed by atoms with van der Waals surface area (Å²) < 4.78 is 1.52. The zero-order chi connectivity index (χ0) is 17.1. The van der Waals surface area contributed by atoms with Crippen LogP contribution in [0.2, 0.25) is 0 Å². The van der Waals surface area contributed by atoms with E-state index in [-0.39, 0.29) is 5.56 Å². The van der Waals surface area contributed by atoms with Gasteiger partial charge in [-0.15, -0.1) is 32.9 Å². The van der Waals surface area contributed by atoms with Gasteiger partial charge >= 0.3 is 0 Å². The van der Waals surface area contributed by atoms with Gasteiger partial charge in [-0.2, -0.15) is 0 Å². The molecular formula is C15H13N5OS4. The second kappa shape index (κ2) is 7.65. The van der Waals surface area contributed by atoms with E-state index in [4.69, 9.17) is 0 Å². The van der Waals surface area contributed by atoms with Gasteiger partial charge in [0.05, 0.1) is 11.3 Å². The fourth-order valence-electron chi connectivity index (χ4n) is 2.21. The second-order valence-corrected chi connectivity index (χ2v) is 9.21. The van der Waals surface area contributed by atoms with Crippen molar-refractivity contribution in [2.24, 2.45) is 0 Å². The Labute approximate surface area is 159 Å². The zero-order valence-electron chi connectivity index (χ0n) is 12.9. The van der Waals surface area contributed by atoms with Gasteiger partial charge in [-0.05, 0) is 29.3 Å². The average Bonchev–Trinajstić information content (AvgIpc) is 3.35. The Bertz CT molecular complexity index is 1020. The lowest BCUT2D eigenvalue weighted by atomic mass is 10.3. The van der Waals surface area contributed by atoms with Gasteiger partial charge in [-0.25, -0.2) is 4.98 Å². The molecular weight excluding hydrogens is 394 g/mol. The normalized spacial score (nSPS) is 11.2. The fourth-order valence-corrected chi connectivity index (χ4v) is 5.29. The average molecular weight is 408 g/mol. The number of rotatable bonds is 7. The van der Waals surface area contributed by atoms with Crippen LogP contribution in [0.5, 0.6) is 0 Å². The summed E-state index contributed by atoms with van der Waals surface area (Å²) >= 11 is 6.20. The molecule has 25 heavy (non-hydrogen) atoms. The Balaban J connectivity index is 1.33. The van der Waals surface area contributed by atoms with Crippen molar-refractivity contribution in [2.75, 3.05) is 11.9 Å². The van der Waals surface area contributed by atoms with Crippen LogP contribution in [0.4, 0.5) is 5.13 Å². The van der Waals surface area contributed by atoms with Gasteiger partial charge in [-0.1, -0.05) is 29.2 Å². The van der Waals surface area contributed by atoms with Crippen LogP contribution >= 0.6 is 45.8 Å². The fraction of sp³-hybridized carbons (Fsp3) is 0.200. The van der Waals surface area contributed by atoms with E-state index >= 15 is 0 Å². The van der Waals surface area contributed by atoms with E-state index < -0.39 is 0 Å². The molecule has 4 aromatic heterocycles. The molecule has 0 radical (unpaired) electrons. The summed E-state index contributed by atoms with van der Waals surface area (Å²) in [6.07, 6.45) is 0.978. The van der Waals surface area contributed by atoms with Crippen molar-refractivity contribution < 1.29 is 0 Å². The number of hydrogen-bond acceptors (Lipinski definition) is 9. The van der Waals surface area contributed by atoms with Crippen LogP contribution in [0.15, 0.2) is 38.1 Å². The number of aromatic amines is 1. The third-order valence-electron chi connectivity index (χ3n) is 3.33. The first kappa shape index (κ1) is 16.7. The predicted octanol–water partition coefficient (Wildman–Crippen LogP) is 3.84. The minimum atomic E-state index is -0.0798. The van der Waals surface area contributed by atoms with Crippen LogP contribution in [0, 0.1) is 0 Å². The topological polar surface area (TPSA) is 83.6 Å². The van der Waals surface area contributed by atoms with E-state index in [1.807, 2.05) is 11.4 Å². The quantitative estimate of drug-likeness (QED) is 0.453. The molecule has 0 aliphatic rings. The summed E-state index contributed by atoms with van der Waals surface area (Å²) in [6, 6.07) is 6.06. The summed E-state index contributed by atoms with van der Waals surface area (Å²) in [5, 5.41) is 16.4. The number of anilines is 1. The van der Waals surface area contributed by atoms with Crippen molar-refractivity contribution >= 4 is 61.1 Å². The molecule has 0 bridgehead atoms. The molecule has 0 saturated carbocycles. The number of fused-ring (bicyclic) bond motifs is 1. The van der Waals surface area contributed by atoms with E-state index in [0.29, 0.717) is 16.3 Å². The molecule has 0 aliphatic carbocycles. The maximum Gasteiger partial charge on any atom is 0.268 e. The largest absolute Gasteiger partial charge is 0.360 e. The molecule has 0 aliphatic heterocycles. The lowest BCUT2D eigenvalue weighted by Gasteiger charge is -1.99. The molecule has 128 valence electrons. The Hall–Kier alpha value is -1.75. The Morgan fingerprint density at radius 1 is 1.20 bits per heavy atom. The molecule has 0 unspecified atom stereocenters. The second-order valence-electron chi connectivity index (χ2n) is 5.07. The van der Waals surface area contributed by atoms with E-state index in [0.717, 1.165) is 28.0 Å². The first-order valence-electron chi connectivity index (χ1n) is 7.47. The summed E-state index contributed by atoms with van der Waals surface area (Å²) in [5.74, 6) is 1.22. The number of aromatic nitrogens is 4. The monoisotopic (exact) mass is 407 g/mol. The minimum absolute atomic E-state index is 0.0798. The lowest BCUT2D eigenvalue weighted by Crippen LogP contribution is -2.09. The van der Waals surface area contributed by atoms with Gasteiger partial charge in [0.1, 0.15) is 10.5 Å². The van der Waals surface area contributed by atoms with Gasteiger partial charge in [0.25, 0.3) is 5.56 Å². The van der Waals surface area contributed by atoms with E-state index in [1.165, 1.54) is 39.3 Å². The third kappa shape index (κ3) is 4.09. The molecule has 2 N–H and O–H groups in total. The molecule has 4 aromatic rings. The van der Waals surface area contributed by atoms with Gasteiger partial charge in [-0.3, -0.25) is 4.79 Å². The summed E-state index contributed by atoms with van der Waals surface area (Å²) in [7, 11) is 0. The molecule has 6 nitrogen and oxygen atoms in total. The molecule has 0 atom stereocenters. The highest BCUT2D eigenvalue weighted by Gasteiger charge is 2.08. The van der Waals surface area contributed by atoms with E-state index in [1.54, 1.807) is 11.3 Å². The molecule has 4 heterocycles. The Kier molecular flexibility index (Phi) is 5.11. The van der Waals surface area contributed by atoms with Crippen molar-refractivity contribution in [3.63, 3.8) is 0 Å². The molecule has 0 aromatic carbocycles. The van der Waals surface area contributed by atoms with E-state index in [2.05, 4.69) is 43.0 Å². The van der Waals surface area contributed by atoms with Crippen LogP contribution < -0.4 is 10.9 Å². The number of hydrogen-bond donors (Lipinski definition) is 2. The van der Waals surface area contributed by atoms with Crippen LogP contribution in [0.25, 0.3) is 10.2 Å². The highest BCUT2D eigenvalue weighted by Crippen LogP contribution is 2.27. The third-order valence-corrected chi connectivity index (χ3v) is 7.19. The molecule has 10 heteroatoms. The predicted molar refractivity (Wildman–Crippen MR) is 106 cm³/mol. The van der Waals surface area contributed by atoms with Crippen molar-refractivity contribution in [3.8, 4) is 0 Å². The van der Waals surface area contributed by atoms with Crippen LogP contribution in [0.1, 0.15) is 10.7 Å². The van der Waals surface area contributed by atoms with Crippen molar-refractivity contribution in [2.45, 2.75) is 16.5 Å². The lowest BCUT2D eigenvalue weighted by molar-refractivity contribution is 0.977. The van der Waals surface area contributed by atoms with Crippen LogP contribution in [-0.2, 0) is 12.2 Å². The van der Waals surface area contributed by atoms with Crippen molar-refractivity contribution in [1.29, 1.82) is 0 Å². The highest BCUT2D eigenvalue weighted by atomic mass is 32.2. The minimum Gasteiger partial charge on any atom is -0.360 e. The maximum absolute atomic E-state index is 12.0. The van der Waals surface area contributed by atoms with Crippen LogP contribution in [-0.4, -0.2) is 26.7 Å². The van der Waals surface area contributed by atoms with Gasteiger partial charge in [0.15, 0.2) is 4.34 Å².